The lowest BCUT2D eigenvalue weighted by molar-refractivity contribution is -0.384. The second kappa shape index (κ2) is 9.99. The number of nitro benzene ring substituents is 1. The van der Waals surface area contributed by atoms with Gasteiger partial charge in [-0.2, -0.15) is 0 Å². The predicted octanol–water partition coefficient (Wildman–Crippen LogP) is 2.37. The maximum atomic E-state index is 13.2. The van der Waals surface area contributed by atoms with Gasteiger partial charge in [-0.25, -0.2) is 4.68 Å². The van der Waals surface area contributed by atoms with Crippen LogP contribution in [0.25, 0.3) is 23.9 Å². The first-order valence-electron chi connectivity index (χ1n) is 10.3. The lowest BCUT2D eigenvalue weighted by Gasteiger charge is -2.06. The highest BCUT2D eigenvalue weighted by Crippen LogP contribution is 2.33. The van der Waals surface area contributed by atoms with Crippen LogP contribution in [0, 0.1) is 10.1 Å². The van der Waals surface area contributed by atoms with Crippen molar-refractivity contribution in [2.24, 2.45) is 0 Å². The number of carbonyl (C=O) groups excluding carboxylic acids is 1. The Balaban J connectivity index is 1.79. The van der Waals surface area contributed by atoms with Crippen molar-refractivity contribution in [3.63, 3.8) is 0 Å². The van der Waals surface area contributed by atoms with E-state index in [0.717, 1.165) is 16.7 Å². The Labute approximate surface area is 207 Å². The lowest BCUT2D eigenvalue weighted by atomic mass is 10.2. The van der Waals surface area contributed by atoms with Gasteiger partial charge in [0.1, 0.15) is 5.35 Å². The smallest absolute Gasteiger partial charge is 0.303 e. The quantitative estimate of drug-likeness (QED) is 0.224. The van der Waals surface area contributed by atoms with Crippen LogP contribution in [-0.4, -0.2) is 41.5 Å². The number of aliphatic hydroxyl groups is 1. The van der Waals surface area contributed by atoms with Crippen molar-refractivity contribution in [2.45, 2.75) is 6.92 Å². The van der Waals surface area contributed by atoms with Crippen molar-refractivity contribution in [3.05, 3.63) is 96.1 Å². The summed E-state index contributed by atoms with van der Waals surface area (Å²) in [5, 5.41) is 24.0. The molecule has 0 radical (unpaired) electrons. The first-order valence-corrected chi connectivity index (χ1v) is 11.5. The minimum absolute atomic E-state index is 0.00546. The van der Waals surface area contributed by atoms with Gasteiger partial charge in [0, 0.05) is 18.3 Å². The fourth-order valence-corrected chi connectivity index (χ4v) is 4.47. The summed E-state index contributed by atoms with van der Waals surface area (Å²) < 4.78 is 6.59. The molecular weight excluding hydrogens is 492 g/mol. The number of thioether (sulfide) groups is 1. The average Bonchev–Trinajstić information content (AvgIpc) is 3.31. The van der Waals surface area contributed by atoms with Crippen molar-refractivity contribution in [3.8, 4) is 5.69 Å². The Morgan fingerprint density at radius 3 is 2.51 bits per heavy atom. The molecule has 1 aliphatic heterocycles. The molecule has 1 fully saturated rings. The molecule has 2 N–H and O–H groups in total. The third-order valence-corrected chi connectivity index (χ3v) is 6.25. The van der Waals surface area contributed by atoms with Crippen LogP contribution >= 0.6 is 24.0 Å². The van der Waals surface area contributed by atoms with E-state index in [1.807, 2.05) is 0 Å². The number of nitrogens with one attached hydrogen (secondary N) is 1. The van der Waals surface area contributed by atoms with Crippen molar-refractivity contribution in [2.75, 3.05) is 6.61 Å². The monoisotopic (exact) mass is 510 g/mol. The molecule has 10 nitrogen and oxygen atoms in total. The first kappa shape index (κ1) is 24.0. The van der Waals surface area contributed by atoms with Gasteiger partial charge in [0.15, 0.2) is 4.32 Å². The van der Waals surface area contributed by atoms with Crippen LogP contribution in [0.15, 0.2) is 64.3 Å². The van der Waals surface area contributed by atoms with E-state index in [1.54, 1.807) is 43.3 Å². The number of thiocarbonyl (C=S) groups is 1. The average molecular weight is 511 g/mol. The van der Waals surface area contributed by atoms with E-state index in [4.69, 9.17) is 17.0 Å². The highest BCUT2D eigenvalue weighted by Gasteiger charge is 2.31. The molecule has 4 rings (SSSR count). The van der Waals surface area contributed by atoms with Gasteiger partial charge < -0.3 is 9.84 Å². The molecule has 2 aromatic carbocycles. The molecule has 0 atom stereocenters. The van der Waals surface area contributed by atoms with E-state index in [0.29, 0.717) is 11.3 Å². The minimum atomic E-state index is -0.522. The summed E-state index contributed by atoms with van der Waals surface area (Å²) >= 11 is 6.38. The molecule has 1 aromatic heterocycles. The van der Waals surface area contributed by atoms with E-state index >= 15 is 0 Å². The van der Waals surface area contributed by atoms with Gasteiger partial charge in [0.25, 0.3) is 17.2 Å². The molecule has 1 amide bonds. The number of benzene rings is 2. The van der Waals surface area contributed by atoms with E-state index < -0.39 is 22.3 Å². The number of aliphatic hydroxyl groups excluding tert-OH is 1. The molecule has 1 aliphatic rings. The van der Waals surface area contributed by atoms with Crippen molar-refractivity contribution >= 4 is 58.1 Å². The molecule has 0 unspecified atom stereocenters. The normalized spacial score (nSPS) is 16.2. The Kier molecular flexibility index (Phi) is 6.85. The predicted molar refractivity (Wildman–Crippen MR) is 136 cm³/mol. The molecule has 0 aliphatic carbocycles. The zero-order chi connectivity index (χ0) is 25.1. The summed E-state index contributed by atoms with van der Waals surface area (Å²) in [6, 6.07) is 14.4. The third kappa shape index (κ3) is 4.88. The molecule has 12 heteroatoms. The fraction of sp³-hybridized carbons (Fsp3) is 0.0870. The van der Waals surface area contributed by atoms with Crippen molar-refractivity contribution in [1.29, 1.82) is 0 Å². The van der Waals surface area contributed by atoms with Gasteiger partial charge in [-0.05, 0) is 42.8 Å². The summed E-state index contributed by atoms with van der Waals surface area (Å²) in [4.78, 5) is 38.1. The molecule has 35 heavy (non-hydrogen) atoms. The number of hydrogen-bond donors (Lipinski definition) is 2. The van der Waals surface area contributed by atoms with E-state index in [-0.39, 0.29) is 32.1 Å². The van der Waals surface area contributed by atoms with Gasteiger partial charge in [-0.3, -0.25) is 29.7 Å². The number of amides is 1. The third-order valence-electron chi connectivity index (χ3n) is 4.92. The van der Waals surface area contributed by atoms with E-state index in [1.165, 1.54) is 35.1 Å². The SMILES string of the molecule is CCO/C(O)=c1\[nH]n(-c2ccccc2)c(=O)c1=CN1C(=O)C(=Cc2ccc([N+](=O)[O-])cc2)SC1=S. The number of ether oxygens (including phenoxy) is 1. The number of aromatic nitrogens is 2. The van der Waals surface area contributed by atoms with Gasteiger partial charge in [0.2, 0.25) is 0 Å². The Bertz CT molecular complexity index is 1520. The van der Waals surface area contributed by atoms with E-state index in [2.05, 4.69) is 5.10 Å². The van der Waals surface area contributed by atoms with Crippen LogP contribution in [-0.2, 0) is 9.53 Å². The second-order valence-corrected chi connectivity index (χ2v) is 8.82. The molecular formula is C23H18N4O6S2. The standard InChI is InChI=1S/C23H18N4O6S2/c1-2-33-22(30)19-17(20(28)26(24-19)15-6-4-3-5-7-15)13-25-21(29)18(35-23(25)34)12-14-8-10-16(11-9-14)27(31)32/h3-13,24,30H,2H2,1H3/b17-13?,18-12?,22-19-. The van der Waals surface area contributed by atoms with Crippen LogP contribution in [0.4, 0.5) is 5.69 Å². The van der Waals surface area contributed by atoms with Crippen LogP contribution < -0.4 is 16.1 Å². The molecule has 0 spiro atoms. The zero-order valence-electron chi connectivity index (χ0n) is 18.2. The summed E-state index contributed by atoms with van der Waals surface area (Å²) in [6.45, 7) is 1.83. The number of aromatic amines is 1. The molecule has 2 heterocycles. The molecule has 3 aromatic rings. The van der Waals surface area contributed by atoms with Crippen LogP contribution in [0.2, 0.25) is 0 Å². The van der Waals surface area contributed by atoms with Crippen LogP contribution in [0.3, 0.4) is 0 Å². The topological polar surface area (TPSA) is 131 Å². The molecule has 0 saturated carbocycles. The van der Waals surface area contributed by atoms with Gasteiger partial charge in [-0.1, -0.05) is 42.2 Å². The van der Waals surface area contributed by atoms with Crippen LogP contribution in [0.1, 0.15) is 12.5 Å². The summed E-state index contributed by atoms with van der Waals surface area (Å²) in [5.41, 5.74) is 0.507. The Morgan fingerprint density at radius 1 is 1.20 bits per heavy atom. The Hall–Kier alpha value is -4.16. The Morgan fingerprint density at radius 2 is 1.89 bits per heavy atom. The van der Waals surface area contributed by atoms with Gasteiger partial charge in [-0.15, -0.1) is 0 Å². The maximum absolute atomic E-state index is 13.2. The molecule has 1 saturated heterocycles. The number of rotatable bonds is 6. The highest BCUT2D eigenvalue weighted by molar-refractivity contribution is 8.26. The maximum Gasteiger partial charge on any atom is 0.303 e. The number of para-hydroxylation sites is 1. The first-order chi connectivity index (χ1) is 16.8. The number of H-pyrrole nitrogens is 1. The largest absolute Gasteiger partial charge is 0.479 e. The van der Waals surface area contributed by atoms with Crippen molar-refractivity contribution < 1.29 is 19.6 Å². The minimum Gasteiger partial charge on any atom is -0.479 e. The van der Waals surface area contributed by atoms with Crippen LogP contribution in [0.5, 0.6) is 0 Å². The summed E-state index contributed by atoms with van der Waals surface area (Å²) in [6.07, 6.45) is 2.82. The fourth-order valence-electron chi connectivity index (χ4n) is 3.26. The second-order valence-electron chi connectivity index (χ2n) is 7.14. The highest BCUT2D eigenvalue weighted by atomic mass is 32.2. The molecule has 0 bridgehead atoms. The summed E-state index contributed by atoms with van der Waals surface area (Å²) in [5.74, 6) is -0.982. The number of carbonyl (C=O) groups is 1. The van der Waals surface area contributed by atoms with Crippen molar-refractivity contribution in [1.82, 2.24) is 14.7 Å². The van der Waals surface area contributed by atoms with Gasteiger partial charge >= 0.3 is 5.95 Å². The number of nitro groups is 1. The zero-order valence-corrected chi connectivity index (χ0v) is 19.8. The number of non-ortho nitro benzene ring substituents is 1. The van der Waals surface area contributed by atoms with E-state index in [9.17, 15) is 24.8 Å². The number of hydrogen-bond acceptors (Lipinski definition) is 8. The number of nitrogens with zero attached hydrogens (tertiary/aromatic N) is 3. The lowest BCUT2D eigenvalue weighted by Crippen LogP contribution is -2.40. The molecule has 178 valence electrons. The van der Waals surface area contributed by atoms with Gasteiger partial charge in [0.05, 0.1) is 27.3 Å². The summed E-state index contributed by atoms with van der Waals surface area (Å²) in [7, 11) is 0.